The molecule has 0 aromatic rings. The molecule has 0 radical (unpaired) electrons. The van der Waals surface area contributed by atoms with E-state index in [-0.39, 0.29) is 12.6 Å². The summed E-state index contributed by atoms with van der Waals surface area (Å²) in [6, 6.07) is -0.323. The van der Waals surface area contributed by atoms with Crippen LogP contribution in [0.3, 0.4) is 0 Å². The molecule has 0 heterocycles. The highest BCUT2D eigenvalue weighted by atomic mass is 35.5. The van der Waals surface area contributed by atoms with Gasteiger partial charge in [0.05, 0.1) is 6.54 Å². The molecule has 7 heteroatoms. The molecule has 0 spiro atoms. The van der Waals surface area contributed by atoms with Crippen molar-refractivity contribution in [2.24, 2.45) is 5.73 Å². The molecule has 0 rings (SSSR count). The van der Waals surface area contributed by atoms with Gasteiger partial charge in [-0.1, -0.05) is 0 Å². The van der Waals surface area contributed by atoms with E-state index in [2.05, 4.69) is 0 Å². The zero-order chi connectivity index (χ0) is 10.6. The van der Waals surface area contributed by atoms with Crippen molar-refractivity contribution in [1.29, 1.82) is 0 Å². The van der Waals surface area contributed by atoms with Gasteiger partial charge in [0.1, 0.15) is 5.21 Å². The Labute approximate surface area is 82.9 Å². The maximum absolute atomic E-state index is 11.3. The van der Waals surface area contributed by atoms with Gasteiger partial charge < -0.3 is 5.73 Å². The summed E-state index contributed by atoms with van der Waals surface area (Å²) in [7, 11) is -3.56. The number of halogens is 1. The summed E-state index contributed by atoms with van der Waals surface area (Å²) in [6.45, 7) is 2.97. The van der Waals surface area contributed by atoms with Crippen LogP contribution in [-0.4, -0.2) is 36.4 Å². The molecule has 1 amide bonds. The standard InChI is InChI=1S/C6H13ClN2O3S/c1-5(2)9(3-6(8)10)13(11,12)4-7/h5H,3-4H2,1-2H3,(H2,8,10). The van der Waals surface area contributed by atoms with E-state index < -0.39 is 21.1 Å². The van der Waals surface area contributed by atoms with Crippen LogP contribution in [0, 0.1) is 0 Å². The van der Waals surface area contributed by atoms with Crippen LogP contribution in [0.5, 0.6) is 0 Å². The first kappa shape index (κ1) is 12.7. The number of rotatable bonds is 5. The maximum atomic E-state index is 11.3. The number of sulfonamides is 1. The van der Waals surface area contributed by atoms with Crippen LogP contribution < -0.4 is 5.73 Å². The number of hydrogen-bond acceptors (Lipinski definition) is 3. The smallest absolute Gasteiger partial charge is 0.232 e. The predicted molar refractivity (Wildman–Crippen MR) is 50.7 cm³/mol. The van der Waals surface area contributed by atoms with Gasteiger partial charge in [-0.3, -0.25) is 4.79 Å². The molecule has 0 aliphatic rings. The van der Waals surface area contributed by atoms with Crippen LogP contribution in [0.15, 0.2) is 0 Å². The van der Waals surface area contributed by atoms with Gasteiger partial charge in [0, 0.05) is 6.04 Å². The van der Waals surface area contributed by atoms with Crippen LogP contribution in [0.4, 0.5) is 0 Å². The van der Waals surface area contributed by atoms with Gasteiger partial charge in [0.25, 0.3) is 0 Å². The fraction of sp³-hybridized carbons (Fsp3) is 0.833. The first-order valence-electron chi connectivity index (χ1n) is 3.65. The van der Waals surface area contributed by atoms with Gasteiger partial charge in [-0.15, -0.1) is 11.6 Å². The van der Waals surface area contributed by atoms with Crippen molar-refractivity contribution in [2.45, 2.75) is 19.9 Å². The number of primary amides is 1. The van der Waals surface area contributed by atoms with E-state index in [0.717, 1.165) is 4.31 Å². The van der Waals surface area contributed by atoms with Crippen LogP contribution in [0.25, 0.3) is 0 Å². The highest BCUT2D eigenvalue weighted by Gasteiger charge is 2.25. The molecule has 2 N–H and O–H groups in total. The topological polar surface area (TPSA) is 80.5 Å². The van der Waals surface area contributed by atoms with Gasteiger partial charge in [0.15, 0.2) is 0 Å². The molecular weight excluding hydrogens is 216 g/mol. The molecule has 13 heavy (non-hydrogen) atoms. The Bertz CT molecular complexity index is 276. The predicted octanol–water partition coefficient (Wildman–Crippen LogP) is -0.292. The summed E-state index contributed by atoms with van der Waals surface area (Å²) < 4.78 is 23.5. The molecular formula is C6H13ClN2O3S. The Balaban J connectivity index is 4.72. The quantitative estimate of drug-likeness (QED) is 0.657. The zero-order valence-corrected chi connectivity index (χ0v) is 9.10. The minimum Gasteiger partial charge on any atom is -0.369 e. The molecule has 0 saturated carbocycles. The van der Waals surface area contributed by atoms with Gasteiger partial charge in [0.2, 0.25) is 15.9 Å². The Morgan fingerprint density at radius 2 is 2.00 bits per heavy atom. The summed E-state index contributed by atoms with van der Waals surface area (Å²) in [5.74, 6) is -0.692. The van der Waals surface area contributed by atoms with Gasteiger partial charge >= 0.3 is 0 Å². The lowest BCUT2D eigenvalue weighted by atomic mass is 10.4. The number of nitrogens with zero attached hydrogens (tertiary/aromatic N) is 1. The number of alkyl halides is 1. The molecule has 0 aromatic heterocycles. The van der Waals surface area contributed by atoms with Crippen molar-refractivity contribution >= 4 is 27.5 Å². The second-order valence-electron chi connectivity index (χ2n) is 2.83. The summed E-state index contributed by atoms with van der Waals surface area (Å²) in [6.07, 6.45) is 0. The van der Waals surface area contributed by atoms with E-state index in [1.807, 2.05) is 0 Å². The van der Waals surface area contributed by atoms with Crippen molar-refractivity contribution in [3.05, 3.63) is 0 Å². The maximum Gasteiger partial charge on any atom is 0.232 e. The largest absolute Gasteiger partial charge is 0.369 e. The third-order valence-electron chi connectivity index (χ3n) is 1.38. The SMILES string of the molecule is CC(C)N(CC(N)=O)S(=O)(=O)CCl. The van der Waals surface area contributed by atoms with Crippen molar-refractivity contribution in [3.8, 4) is 0 Å². The van der Waals surface area contributed by atoms with E-state index in [1.165, 1.54) is 0 Å². The van der Waals surface area contributed by atoms with E-state index >= 15 is 0 Å². The lowest BCUT2D eigenvalue weighted by Gasteiger charge is -2.22. The molecule has 0 atom stereocenters. The molecule has 0 aliphatic heterocycles. The lowest BCUT2D eigenvalue weighted by Crippen LogP contribution is -2.43. The third-order valence-corrected chi connectivity index (χ3v) is 3.75. The van der Waals surface area contributed by atoms with Crippen molar-refractivity contribution in [1.82, 2.24) is 4.31 Å². The molecule has 78 valence electrons. The summed E-state index contributed by atoms with van der Waals surface area (Å²) >= 11 is 5.23. The molecule has 0 fully saturated rings. The molecule has 0 unspecified atom stereocenters. The Hall–Kier alpha value is -0.330. The summed E-state index contributed by atoms with van der Waals surface area (Å²) in [5, 5.41) is -0.543. The van der Waals surface area contributed by atoms with Crippen molar-refractivity contribution in [2.75, 3.05) is 11.8 Å². The second kappa shape index (κ2) is 4.78. The molecule has 0 aromatic carbocycles. The Morgan fingerprint density at radius 3 is 2.23 bits per heavy atom. The summed E-state index contributed by atoms with van der Waals surface area (Å²) in [4.78, 5) is 10.5. The normalized spacial score (nSPS) is 12.4. The average molecular weight is 229 g/mol. The zero-order valence-electron chi connectivity index (χ0n) is 7.53. The Morgan fingerprint density at radius 1 is 1.54 bits per heavy atom. The molecule has 5 nitrogen and oxygen atoms in total. The first-order valence-corrected chi connectivity index (χ1v) is 5.79. The molecule has 0 aliphatic carbocycles. The molecule has 0 bridgehead atoms. The second-order valence-corrected chi connectivity index (χ2v) is 5.33. The van der Waals surface area contributed by atoms with E-state index in [4.69, 9.17) is 17.3 Å². The van der Waals surface area contributed by atoms with E-state index in [1.54, 1.807) is 13.8 Å². The third kappa shape index (κ3) is 3.93. The van der Waals surface area contributed by atoms with E-state index in [0.29, 0.717) is 0 Å². The van der Waals surface area contributed by atoms with Crippen molar-refractivity contribution in [3.63, 3.8) is 0 Å². The fourth-order valence-corrected chi connectivity index (χ4v) is 2.29. The average Bonchev–Trinajstić information content (AvgIpc) is 1.99. The van der Waals surface area contributed by atoms with Crippen LogP contribution in [0.1, 0.15) is 13.8 Å². The van der Waals surface area contributed by atoms with Gasteiger partial charge in [-0.05, 0) is 13.8 Å². The minimum atomic E-state index is -3.56. The first-order chi connectivity index (χ1) is 5.81. The number of nitrogens with two attached hydrogens (primary N) is 1. The number of amides is 1. The fourth-order valence-electron chi connectivity index (χ4n) is 0.818. The highest BCUT2D eigenvalue weighted by molar-refractivity contribution is 7.90. The highest BCUT2D eigenvalue weighted by Crippen LogP contribution is 2.07. The van der Waals surface area contributed by atoms with Crippen LogP contribution in [0.2, 0.25) is 0 Å². The number of hydrogen-bond donors (Lipinski definition) is 1. The van der Waals surface area contributed by atoms with Crippen molar-refractivity contribution < 1.29 is 13.2 Å². The lowest BCUT2D eigenvalue weighted by molar-refractivity contribution is -0.118. The van der Waals surface area contributed by atoms with E-state index in [9.17, 15) is 13.2 Å². The summed E-state index contributed by atoms with van der Waals surface area (Å²) in [5.41, 5.74) is 4.89. The molecule has 0 saturated heterocycles. The van der Waals surface area contributed by atoms with Gasteiger partial charge in [-0.2, -0.15) is 4.31 Å². The monoisotopic (exact) mass is 228 g/mol. The minimum absolute atomic E-state index is 0.323. The number of carbonyl (C=O) groups excluding carboxylic acids is 1. The van der Waals surface area contributed by atoms with Crippen LogP contribution >= 0.6 is 11.6 Å². The van der Waals surface area contributed by atoms with Crippen LogP contribution in [-0.2, 0) is 14.8 Å². The van der Waals surface area contributed by atoms with Gasteiger partial charge in [-0.25, -0.2) is 8.42 Å². The Kier molecular flexibility index (Phi) is 4.66. The number of carbonyl (C=O) groups is 1.